The number of rotatable bonds is 12. The van der Waals surface area contributed by atoms with Gasteiger partial charge in [0.05, 0.1) is 0 Å². The zero-order valence-electron chi connectivity index (χ0n) is 12.4. The van der Waals surface area contributed by atoms with Gasteiger partial charge in [-0.2, -0.15) is 0 Å². The van der Waals surface area contributed by atoms with Gasteiger partial charge in [0.2, 0.25) is 0 Å². The average Bonchev–Trinajstić information content (AvgIpc) is 2.24. The van der Waals surface area contributed by atoms with Crippen LogP contribution in [0.25, 0.3) is 0 Å². The summed E-state index contributed by atoms with van der Waals surface area (Å²) in [5.41, 5.74) is 0. The van der Waals surface area contributed by atoms with E-state index >= 15 is 0 Å². The minimum Gasteiger partial charge on any atom is -0.0859 e. The highest BCUT2D eigenvalue weighted by atomic mass is 79.9. The second-order valence-corrected chi connectivity index (χ2v) is 8.15. The minimum atomic E-state index is 0.353. The highest BCUT2D eigenvalue weighted by molar-refractivity contribution is 9.10. The molecule has 0 heterocycles. The molecule has 104 valence electrons. The molecular formula is C16H33Br. The van der Waals surface area contributed by atoms with E-state index in [2.05, 4.69) is 36.7 Å². The molecule has 0 bridgehead atoms. The third-order valence-corrected chi connectivity index (χ3v) is 3.77. The Morgan fingerprint density at radius 3 is 1.35 bits per heavy atom. The molecular weight excluding hydrogens is 272 g/mol. The van der Waals surface area contributed by atoms with Crippen molar-refractivity contribution in [3.63, 3.8) is 0 Å². The molecule has 0 fully saturated rings. The standard InChI is InChI=1S/C16H33Br/c1-4-5-6-7-8-9-10-11-12-13-14-15-16(2,3)17/h4-15H2,1-3H3. The Labute approximate surface area is 118 Å². The number of unbranched alkanes of at least 4 members (excludes halogenated alkanes) is 10. The summed E-state index contributed by atoms with van der Waals surface area (Å²) < 4.78 is 0.353. The maximum Gasteiger partial charge on any atom is 0.0201 e. The molecule has 0 aromatic carbocycles. The highest BCUT2D eigenvalue weighted by Crippen LogP contribution is 2.23. The van der Waals surface area contributed by atoms with Crippen molar-refractivity contribution in [3.05, 3.63) is 0 Å². The maximum absolute atomic E-state index is 3.70. The van der Waals surface area contributed by atoms with Gasteiger partial charge in [-0.15, -0.1) is 0 Å². The van der Waals surface area contributed by atoms with Crippen molar-refractivity contribution in [1.82, 2.24) is 0 Å². The van der Waals surface area contributed by atoms with Crippen molar-refractivity contribution in [3.8, 4) is 0 Å². The Bertz CT molecular complexity index is 146. The molecule has 0 N–H and O–H groups in total. The van der Waals surface area contributed by atoms with Crippen molar-refractivity contribution in [2.24, 2.45) is 0 Å². The largest absolute Gasteiger partial charge is 0.0859 e. The minimum absolute atomic E-state index is 0.353. The number of hydrogen-bond donors (Lipinski definition) is 0. The summed E-state index contributed by atoms with van der Waals surface area (Å²) in [4.78, 5) is 0. The van der Waals surface area contributed by atoms with E-state index in [-0.39, 0.29) is 0 Å². The fraction of sp³-hybridized carbons (Fsp3) is 1.00. The molecule has 0 nitrogen and oxygen atoms in total. The lowest BCUT2D eigenvalue weighted by atomic mass is 10.0. The van der Waals surface area contributed by atoms with Crippen LogP contribution in [0.4, 0.5) is 0 Å². The Morgan fingerprint density at radius 1 is 0.647 bits per heavy atom. The second-order valence-electron chi connectivity index (χ2n) is 6.00. The molecule has 1 heteroatoms. The normalized spacial score (nSPS) is 12.0. The first-order valence-corrected chi connectivity index (χ1v) is 8.54. The predicted octanol–water partition coefficient (Wildman–Crippen LogP) is 6.86. The van der Waals surface area contributed by atoms with E-state index in [4.69, 9.17) is 0 Å². The fourth-order valence-electron chi connectivity index (χ4n) is 2.21. The third kappa shape index (κ3) is 16.5. The number of hydrogen-bond acceptors (Lipinski definition) is 0. The zero-order chi connectivity index (χ0) is 13.0. The first-order valence-electron chi connectivity index (χ1n) is 7.75. The average molecular weight is 305 g/mol. The first-order chi connectivity index (χ1) is 8.06. The second kappa shape index (κ2) is 11.6. The van der Waals surface area contributed by atoms with Crippen molar-refractivity contribution in [1.29, 1.82) is 0 Å². The van der Waals surface area contributed by atoms with Gasteiger partial charge in [0.25, 0.3) is 0 Å². The van der Waals surface area contributed by atoms with E-state index in [9.17, 15) is 0 Å². The van der Waals surface area contributed by atoms with E-state index in [1.807, 2.05) is 0 Å². The monoisotopic (exact) mass is 304 g/mol. The molecule has 0 rings (SSSR count). The van der Waals surface area contributed by atoms with Crippen LogP contribution < -0.4 is 0 Å². The molecule has 0 amide bonds. The summed E-state index contributed by atoms with van der Waals surface area (Å²) in [6.07, 6.45) is 17.1. The smallest absolute Gasteiger partial charge is 0.0201 e. The number of alkyl halides is 1. The molecule has 0 saturated carbocycles. The van der Waals surface area contributed by atoms with Gasteiger partial charge in [-0.25, -0.2) is 0 Å². The maximum atomic E-state index is 3.70. The summed E-state index contributed by atoms with van der Waals surface area (Å²) >= 11 is 3.70. The first kappa shape index (κ1) is 17.5. The summed E-state index contributed by atoms with van der Waals surface area (Å²) in [6, 6.07) is 0. The van der Waals surface area contributed by atoms with Gasteiger partial charge in [-0.05, 0) is 6.42 Å². The Hall–Kier alpha value is 0.480. The Balaban J connectivity index is 2.99. The highest BCUT2D eigenvalue weighted by Gasteiger charge is 2.10. The number of halogens is 1. The van der Waals surface area contributed by atoms with Gasteiger partial charge in [-0.3, -0.25) is 0 Å². The lowest BCUT2D eigenvalue weighted by Crippen LogP contribution is -2.07. The molecule has 0 atom stereocenters. The van der Waals surface area contributed by atoms with Gasteiger partial charge in [0.15, 0.2) is 0 Å². The van der Waals surface area contributed by atoms with E-state index < -0.39 is 0 Å². The Kier molecular flexibility index (Phi) is 11.9. The molecule has 0 saturated heterocycles. The van der Waals surface area contributed by atoms with Crippen LogP contribution in [-0.2, 0) is 0 Å². The van der Waals surface area contributed by atoms with Crippen LogP contribution in [0, 0.1) is 0 Å². The predicted molar refractivity (Wildman–Crippen MR) is 84.1 cm³/mol. The SMILES string of the molecule is CCCCCCCCCCCCCC(C)(C)Br. The molecule has 0 unspecified atom stereocenters. The fourth-order valence-corrected chi connectivity index (χ4v) is 2.49. The van der Waals surface area contributed by atoms with Crippen LogP contribution in [-0.4, -0.2) is 4.32 Å². The van der Waals surface area contributed by atoms with Crippen molar-refractivity contribution < 1.29 is 0 Å². The van der Waals surface area contributed by atoms with Crippen LogP contribution >= 0.6 is 15.9 Å². The quantitative estimate of drug-likeness (QED) is 0.273. The van der Waals surface area contributed by atoms with Crippen LogP contribution in [0.15, 0.2) is 0 Å². The molecule has 0 aromatic heterocycles. The molecule has 0 aliphatic carbocycles. The van der Waals surface area contributed by atoms with Crippen molar-refractivity contribution in [2.75, 3.05) is 0 Å². The lowest BCUT2D eigenvalue weighted by molar-refractivity contribution is 0.526. The molecule has 0 spiro atoms. The van der Waals surface area contributed by atoms with E-state index in [1.54, 1.807) is 0 Å². The summed E-state index contributed by atoms with van der Waals surface area (Å²) in [5.74, 6) is 0. The molecule has 17 heavy (non-hydrogen) atoms. The van der Waals surface area contributed by atoms with Crippen LogP contribution in [0.5, 0.6) is 0 Å². The topological polar surface area (TPSA) is 0 Å². The Morgan fingerprint density at radius 2 is 1.00 bits per heavy atom. The van der Waals surface area contributed by atoms with E-state index in [1.165, 1.54) is 77.0 Å². The van der Waals surface area contributed by atoms with Crippen LogP contribution in [0.2, 0.25) is 0 Å². The third-order valence-electron chi connectivity index (χ3n) is 3.37. The lowest BCUT2D eigenvalue weighted by Gasteiger charge is -2.15. The van der Waals surface area contributed by atoms with E-state index in [0.717, 1.165) is 0 Å². The molecule has 0 radical (unpaired) electrons. The van der Waals surface area contributed by atoms with Crippen molar-refractivity contribution >= 4 is 15.9 Å². The van der Waals surface area contributed by atoms with Gasteiger partial charge in [0, 0.05) is 4.32 Å². The summed E-state index contributed by atoms with van der Waals surface area (Å²) in [5, 5.41) is 0. The van der Waals surface area contributed by atoms with Gasteiger partial charge >= 0.3 is 0 Å². The zero-order valence-corrected chi connectivity index (χ0v) is 13.9. The molecule has 0 aliphatic rings. The van der Waals surface area contributed by atoms with Gasteiger partial charge < -0.3 is 0 Å². The van der Waals surface area contributed by atoms with Crippen LogP contribution in [0.3, 0.4) is 0 Å². The molecule has 0 aliphatic heterocycles. The summed E-state index contributed by atoms with van der Waals surface area (Å²) in [7, 11) is 0. The van der Waals surface area contributed by atoms with Gasteiger partial charge in [-0.1, -0.05) is 107 Å². The van der Waals surface area contributed by atoms with E-state index in [0.29, 0.717) is 4.32 Å². The van der Waals surface area contributed by atoms with Crippen LogP contribution in [0.1, 0.15) is 97.8 Å². The van der Waals surface area contributed by atoms with Crippen molar-refractivity contribution in [2.45, 2.75) is 102 Å². The molecule has 0 aromatic rings. The van der Waals surface area contributed by atoms with Gasteiger partial charge in [0.1, 0.15) is 0 Å². The summed E-state index contributed by atoms with van der Waals surface area (Å²) in [6.45, 7) is 6.82.